The average Bonchev–Trinajstić information content (AvgIpc) is 3.30. The van der Waals surface area contributed by atoms with E-state index < -0.39 is 11.8 Å². The molecule has 152 valence electrons. The summed E-state index contributed by atoms with van der Waals surface area (Å²) in [6.07, 6.45) is 0. The monoisotopic (exact) mass is 404 g/mol. The van der Waals surface area contributed by atoms with Gasteiger partial charge in [-0.1, -0.05) is 36.4 Å². The number of hydrazine groups is 1. The highest BCUT2D eigenvalue weighted by Gasteiger charge is 2.22. The Morgan fingerprint density at radius 2 is 1.60 bits per heavy atom. The van der Waals surface area contributed by atoms with Gasteiger partial charge >= 0.3 is 5.91 Å². The second kappa shape index (κ2) is 8.16. The molecule has 0 aliphatic rings. The lowest BCUT2D eigenvalue weighted by Gasteiger charge is -2.08. The second-order valence-electron chi connectivity index (χ2n) is 6.74. The van der Waals surface area contributed by atoms with Gasteiger partial charge in [0, 0.05) is 10.9 Å². The maximum absolute atomic E-state index is 12.8. The molecule has 0 aliphatic heterocycles. The Kier molecular flexibility index (Phi) is 5.26. The van der Waals surface area contributed by atoms with Crippen molar-refractivity contribution in [1.82, 2.24) is 10.9 Å². The van der Waals surface area contributed by atoms with Crippen LogP contribution in [-0.4, -0.2) is 11.8 Å². The minimum absolute atomic E-state index is 0.0764. The number of hydrogen-bond donors (Lipinski definition) is 2. The van der Waals surface area contributed by atoms with Crippen LogP contribution in [0.15, 0.2) is 69.5 Å². The topological polar surface area (TPSA) is 93.7 Å². The lowest BCUT2D eigenvalue weighted by molar-refractivity contribution is 0.0829. The number of rotatable bonds is 5. The minimum atomic E-state index is -0.580. The van der Waals surface area contributed by atoms with Crippen molar-refractivity contribution in [3.63, 3.8) is 0 Å². The summed E-state index contributed by atoms with van der Waals surface area (Å²) in [5.41, 5.74) is 6.30. The van der Waals surface area contributed by atoms with Crippen LogP contribution in [0.1, 0.15) is 38.0 Å². The van der Waals surface area contributed by atoms with Crippen LogP contribution >= 0.6 is 0 Å². The molecule has 4 aromatic rings. The molecule has 0 unspecified atom stereocenters. The number of para-hydroxylation sites is 2. The van der Waals surface area contributed by atoms with E-state index in [1.807, 2.05) is 48.5 Å². The lowest BCUT2D eigenvalue weighted by Crippen LogP contribution is -2.41. The molecule has 0 radical (unpaired) electrons. The first kappa shape index (κ1) is 19.3. The third kappa shape index (κ3) is 3.91. The van der Waals surface area contributed by atoms with Gasteiger partial charge in [-0.3, -0.25) is 20.4 Å². The van der Waals surface area contributed by atoms with Crippen LogP contribution in [0.25, 0.3) is 11.0 Å². The zero-order valence-electron chi connectivity index (χ0n) is 16.5. The zero-order chi connectivity index (χ0) is 21.1. The predicted molar refractivity (Wildman–Crippen MR) is 110 cm³/mol. The summed E-state index contributed by atoms with van der Waals surface area (Å²) < 4.78 is 16.9. The molecule has 0 bridgehead atoms. The van der Waals surface area contributed by atoms with E-state index in [2.05, 4.69) is 10.9 Å². The number of nitrogens with one attached hydrogen (secondary N) is 2. The maximum Gasteiger partial charge on any atom is 0.305 e. The van der Waals surface area contributed by atoms with Crippen molar-refractivity contribution in [2.24, 2.45) is 0 Å². The van der Waals surface area contributed by atoms with Crippen molar-refractivity contribution < 1.29 is 23.2 Å². The third-order valence-electron chi connectivity index (χ3n) is 4.61. The Hall–Kier alpha value is -4.00. The molecule has 0 atom stereocenters. The summed E-state index contributed by atoms with van der Waals surface area (Å²) in [7, 11) is 0. The Labute approximate surface area is 172 Å². The summed E-state index contributed by atoms with van der Waals surface area (Å²) in [5.74, 6) is 0.780. The molecule has 2 aromatic heterocycles. The Balaban J connectivity index is 1.54. The molecule has 2 amide bonds. The highest BCUT2D eigenvalue weighted by molar-refractivity contribution is 6.01. The van der Waals surface area contributed by atoms with Crippen LogP contribution in [-0.2, 0) is 6.61 Å². The number of carbonyl (C=O) groups excluding carboxylic acids is 2. The zero-order valence-corrected chi connectivity index (χ0v) is 16.5. The average molecular weight is 404 g/mol. The Morgan fingerprint density at radius 1 is 0.900 bits per heavy atom. The van der Waals surface area contributed by atoms with E-state index >= 15 is 0 Å². The largest absolute Gasteiger partial charge is 0.489 e. The molecule has 2 aromatic carbocycles. The van der Waals surface area contributed by atoms with Crippen LogP contribution in [0.2, 0.25) is 0 Å². The summed E-state index contributed by atoms with van der Waals surface area (Å²) in [5, 5.41) is 0.770. The highest BCUT2D eigenvalue weighted by atomic mass is 16.5. The fourth-order valence-electron chi connectivity index (χ4n) is 3.19. The van der Waals surface area contributed by atoms with Crippen molar-refractivity contribution in [2.75, 3.05) is 0 Å². The van der Waals surface area contributed by atoms with Crippen molar-refractivity contribution in [1.29, 1.82) is 0 Å². The second-order valence-corrected chi connectivity index (χ2v) is 6.74. The van der Waals surface area contributed by atoms with E-state index in [4.69, 9.17) is 13.6 Å². The van der Waals surface area contributed by atoms with Gasteiger partial charge in [0.05, 0.1) is 5.56 Å². The SMILES string of the molecule is Cc1cc(C(=O)NNC(=O)c2oc3ccccc3c2COc2ccccc2)c(C)o1. The van der Waals surface area contributed by atoms with Crippen molar-refractivity contribution in [3.05, 3.63) is 89.1 Å². The third-order valence-corrected chi connectivity index (χ3v) is 4.61. The van der Waals surface area contributed by atoms with Gasteiger partial charge in [0.2, 0.25) is 5.76 Å². The number of fused-ring (bicyclic) bond motifs is 1. The molecule has 30 heavy (non-hydrogen) atoms. The quantitative estimate of drug-likeness (QED) is 0.484. The first-order chi connectivity index (χ1) is 14.5. The maximum atomic E-state index is 12.8. The van der Waals surface area contributed by atoms with Crippen LogP contribution in [0.4, 0.5) is 0 Å². The Morgan fingerprint density at radius 3 is 2.33 bits per heavy atom. The van der Waals surface area contributed by atoms with E-state index in [9.17, 15) is 9.59 Å². The van der Waals surface area contributed by atoms with E-state index in [0.717, 1.165) is 5.39 Å². The molecule has 0 aliphatic carbocycles. The molecule has 2 N–H and O–H groups in total. The van der Waals surface area contributed by atoms with E-state index in [0.29, 0.717) is 34.0 Å². The van der Waals surface area contributed by atoms with E-state index in [1.165, 1.54) is 0 Å². The fraction of sp³-hybridized carbons (Fsp3) is 0.130. The van der Waals surface area contributed by atoms with Gasteiger partial charge in [-0.25, -0.2) is 0 Å². The number of aryl methyl sites for hydroxylation is 2. The van der Waals surface area contributed by atoms with Gasteiger partial charge in [0.1, 0.15) is 29.5 Å². The van der Waals surface area contributed by atoms with Gasteiger partial charge in [0.15, 0.2) is 0 Å². The molecule has 4 rings (SSSR count). The molecule has 0 saturated carbocycles. The van der Waals surface area contributed by atoms with Crippen LogP contribution in [0.5, 0.6) is 5.75 Å². The number of benzene rings is 2. The van der Waals surface area contributed by atoms with Crippen molar-refractivity contribution in [3.8, 4) is 5.75 Å². The lowest BCUT2D eigenvalue weighted by atomic mass is 10.1. The van der Waals surface area contributed by atoms with E-state index in [-0.39, 0.29) is 12.4 Å². The standard InChI is InChI=1S/C23H20N2O5/c1-14-12-18(15(2)29-14)22(26)24-25-23(27)21-19(13-28-16-8-4-3-5-9-16)17-10-6-7-11-20(17)30-21/h3-12H,13H2,1-2H3,(H,24,26)(H,25,27). The summed E-state index contributed by atoms with van der Waals surface area (Å²) in [6.45, 7) is 3.57. The summed E-state index contributed by atoms with van der Waals surface area (Å²) >= 11 is 0. The molecule has 7 nitrogen and oxygen atoms in total. The van der Waals surface area contributed by atoms with Crippen molar-refractivity contribution >= 4 is 22.8 Å². The van der Waals surface area contributed by atoms with Gasteiger partial charge in [0.25, 0.3) is 5.91 Å². The number of hydrogen-bond acceptors (Lipinski definition) is 5. The molecule has 0 spiro atoms. The molecular formula is C23H20N2O5. The van der Waals surface area contributed by atoms with Gasteiger partial charge in [-0.05, 0) is 38.1 Å². The molecule has 2 heterocycles. The smallest absolute Gasteiger partial charge is 0.305 e. The Bertz CT molecular complexity index is 1210. The first-order valence-electron chi connectivity index (χ1n) is 9.39. The molecular weight excluding hydrogens is 384 g/mol. The minimum Gasteiger partial charge on any atom is -0.489 e. The van der Waals surface area contributed by atoms with Gasteiger partial charge in [-0.15, -0.1) is 0 Å². The van der Waals surface area contributed by atoms with E-state index in [1.54, 1.807) is 26.0 Å². The predicted octanol–water partition coefficient (Wildman–Crippen LogP) is 4.30. The first-order valence-corrected chi connectivity index (χ1v) is 9.39. The number of ether oxygens (including phenoxy) is 1. The molecule has 0 fully saturated rings. The molecule has 7 heteroatoms. The fourth-order valence-corrected chi connectivity index (χ4v) is 3.19. The van der Waals surface area contributed by atoms with Gasteiger partial charge in [-0.2, -0.15) is 0 Å². The van der Waals surface area contributed by atoms with Crippen molar-refractivity contribution in [2.45, 2.75) is 20.5 Å². The summed E-state index contributed by atoms with van der Waals surface area (Å²) in [4.78, 5) is 25.1. The number of amides is 2. The number of carbonyl (C=O) groups is 2. The van der Waals surface area contributed by atoms with Crippen LogP contribution < -0.4 is 15.6 Å². The van der Waals surface area contributed by atoms with Crippen LogP contribution in [0.3, 0.4) is 0 Å². The summed E-state index contributed by atoms with van der Waals surface area (Å²) in [6, 6.07) is 18.2. The van der Waals surface area contributed by atoms with Crippen LogP contribution in [0, 0.1) is 13.8 Å². The molecule has 0 saturated heterocycles. The van der Waals surface area contributed by atoms with Gasteiger partial charge < -0.3 is 13.6 Å². The normalized spacial score (nSPS) is 10.7. The highest BCUT2D eigenvalue weighted by Crippen LogP contribution is 2.27. The number of furan rings is 2.